The fraction of sp³-hybridized carbons (Fsp3) is 0.211. The van der Waals surface area contributed by atoms with Crippen molar-refractivity contribution in [3.8, 4) is 11.5 Å². The normalized spacial score (nSPS) is 12.0. The number of nitrogens with zero attached hydrogens (tertiary/aromatic N) is 3. The number of para-hydroxylation sites is 1. The van der Waals surface area contributed by atoms with E-state index in [1.54, 1.807) is 0 Å². The zero-order valence-electron chi connectivity index (χ0n) is 16.1. The monoisotopic (exact) mass is 443 g/mol. The molecule has 2 aromatic carbocycles. The van der Waals surface area contributed by atoms with Crippen molar-refractivity contribution < 1.29 is 31.1 Å². The lowest BCUT2D eigenvalue weighted by Crippen LogP contribution is -2.18. The lowest BCUT2D eigenvalue weighted by atomic mass is 10.1. The molecule has 0 amide bonds. The van der Waals surface area contributed by atoms with Crippen LogP contribution in [-0.4, -0.2) is 15.0 Å². The van der Waals surface area contributed by atoms with Gasteiger partial charge in [-0.2, -0.15) is 28.1 Å². The number of alkyl halides is 4. The Morgan fingerprint density at radius 2 is 1.68 bits per heavy atom. The van der Waals surface area contributed by atoms with Crippen molar-refractivity contribution >= 4 is 17.6 Å². The lowest BCUT2D eigenvalue weighted by Gasteiger charge is -2.16. The van der Waals surface area contributed by atoms with Crippen LogP contribution in [0.15, 0.2) is 36.4 Å². The molecule has 0 aliphatic heterocycles. The first kappa shape index (κ1) is 22.1. The maximum absolute atomic E-state index is 14.4. The van der Waals surface area contributed by atoms with Gasteiger partial charge in [-0.05, 0) is 38.1 Å². The molecule has 0 bridgehead atoms. The minimum absolute atomic E-state index is 0.297. The van der Waals surface area contributed by atoms with Crippen LogP contribution in [0.3, 0.4) is 0 Å². The molecular formula is C19H15F6N5O. The van der Waals surface area contributed by atoms with Crippen LogP contribution in [-0.2, 0) is 11.8 Å². The molecule has 0 atom stereocenters. The summed E-state index contributed by atoms with van der Waals surface area (Å²) in [4.78, 5) is 11.2. The standard InChI is InChI=1S/C19H15F6N5O/c1-18(2,22)15-28-16(26)30-17(29-15)27-14-12(21)4-3-5-13(14)31-11-7-9(19(23,24)25)6-10(20)8-11/h3-8H,1-2H3,(H3,26,27,28,29,30). The molecule has 0 unspecified atom stereocenters. The average molecular weight is 443 g/mol. The first-order valence-corrected chi connectivity index (χ1v) is 8.65. The van der Waals surface area contributed by atoms with Crippen LogP contribution < -0.4 is 15.8 Å². The molecule has 1 aromatic heterocycles. The number of anilines is 3. The van der Waals surface area contributed by atoms with Crippen molar-refractivity contribution in [3.63, 3.8) is 0 Å². The van der Waals surface area contributed by atoms with Gasteiger partial charge in [0.1, 0.15) is 17.3 Å². The zero-order valence-corrected chi connectivity index (χ0v) is 16.1. The van der Waals surface area contributed by atoms with E-state index in [-0.39, 0.29) is 23.5 Å². The van der Waals surface area contributed by atoms with Gasteiger partial charge in [0, 0.05) is 6.07 Å². The molecule has 3 N–H and O–H groups in total. The number of rotatable bonds is 5. The number of nitrogen functional groups attached to an aromatic ring is 1. The van der Waals surface area contributed by atoms with E-state index in [4.69, 9.17) is 10.5 Å². The Morgan fingerprint density at radius 1 is 0.968 bits per heavy atom. The summed E-state index contributed by atoms with van der Waals surface area (Å²) >= 11 is 0. The molecule has 0 saturated heterocycles. The minimum Gasteiger partial charge on any atom is -0.455 e. The van der Waals surface area contributed by atoms with Crippen molar-refractivity contribution in [1.29, 1.82) is 0 Å². The van der Waals surface area contributed by atoms with Crippen LogP contribution >= 0.6 is 0 Å². The number of aromatic nitrogens is 3. The summed E-state index contributed by atoms with van der Waals surface area (Å²) in [6.07, 6.45) is -4.82. The SMILES string of the molecule is CC(C)(F)c1nc(N)nc(Nc2c(F)cccc2Oc2cc(F)cc(C(F)(F)F)c2)n1. The zero-order chi connectivity index (χ0) is 23.0. The molecule has 6 nitrogen and oxygen atoms in total. The van der Waals surface area contributed by atoms with E-state index >= 15 is 0 Å². The van der Waals surface area contributed by atoms with Gasteiger partial charge in [0.15, 0.2) is 23.1 Å². The Kier molecular flexibility index (Phi) is 5.66. The van der Waals surface area contributed by atoms with Crippen molar-refractivity contribution in [1.82, 2.24) is 15.0 Å². The number of hydrogen-bond acceptors (Lipinski definition) is 6. The van der Waals surface area contributed by atoms with Crippen LogP contribution in [0.1, 0.15) is 25.2 Å². The molecule has 0 saturated carbocycles. The molecule has 0 aliphatic rings. The quantitative estimate of drug-likeness (QED) is 0.507. The van der Waals surface area contributed by atoms with Crippen LogP contribution in [0.25, 0.3) is 0 Å². The van der Waals surface area contributed by atoms with Gasteiger partial charge < -0.3 is 15.8 Å². The minimum atomic E-state index is -4.82. The number of benzene rings is 2. The largest absolute Gasteiger partial charge is 0.455 e. The molecule has 31 heavy (non-hydrogen) atoms. The summed E-state index contributed by atoms with van der Waals surface area (Å²) < 4.78 is 86.3. The third kappa shape index (κ3) is 5.32. The highest BCUT2D eigenvalue weighted by Crippen LogP contribution is 2.37. The van der Waals surface area contributed by atoms with E-state index in [9.17, 15) is 26.3 Å². The first-order valence-electron chi connectivity index (χ1n) is 8.65. The van der Waals surface area contributed by atoms with Gasteiger partial charge in [-0.1, -0.05) is 6.07 Å². The van der Waals surface area contributed by atoms with Crippen molar-refractivity contribution in [2.45, 2.75) is 25.7 Å². The Bertz CT molecular complexity index is 1110. The Hall–Kier alpha value is -3.57. The van der Waals surface area contributed by atoms with E-state index in [1.807, 2.05) is 0 Å². The predicted octanol–water partition coefficient (Wildman–Crippen LogP) is 5.49. The van der Waals surface area contributed by atoms with Crippen LogP contribution in [0.2, 0.25) is 0 Å². The molecule has 0 spiro atoms. The second-order valence-electron chi connectivity index (χ2n) is 6.83. The van der Waals surface area contributed by atoms with Gasteiger partial charge >= 0.3 is 6.18 Å². The summed E-state index contributed by atoms with van der Waals surface area (Å²) in [7, 11) is 0. The molecule has 3 aromatic rings. The Labute approximate surface area is 172 Å². The van der Waals surface area contributed by atoms with E-state index in [1.165, 1.54) is 26.0 Å². The van der Waals surface area contributed by atoms with Gasteiger partial charge in [0.2, 0.25) is 11.9 Å². The molecule has 0 radical (unpaired) electrons. The summed E-state index contributed by atoms with van der Waals surface area (Å²) in [5.41, 5.74) is 1.87. The number of ether oxygens (including phenoxy) is 1. The van der Waals surface area contributed by atoms with Gasteiger partial charge in [-0.3, -0.25) is 0 Å². The third-order valence-electron chi connectivity index (χ3n) is 3.82. The number of hydrogen-bond donors (Lipinski definition) is 2. The topological polar surface area (TPSA) is 86.0 Å². The number of nitrogens with two attached hydrogens (primary N) is 1. The Balaban J connectivity index is 2.00. The van der Waals surface area contributed by atoms with Gasteiger partial charge in [0.05, 0.1) is 5.56 Å². The summed E-state index contributed by atoms with van der Waals surface area (Å²) in [6.45, 7) is 2.34. The van der Waals surface area contributed by atoms with Crippen LogP contribution in [0.5, 0.6) is 11.5 Å². The third-order valence-corrected chi connectivity index (χ3v) is 3.82. The molecule has 3 rings (SSSR count). The summed E-state index contributed by atoms with van der Waals surface area (Å²) in [5, 5.41) is 2.45. The van der Waals surface area contributed by atoms with Crippen LogP contribution in [0.4, 0.5) is 43.9 Å². The summed E-state index contributed by atoms with van der Waals surface area (Å²) in [6, 6.07) is 5.01. The van der Waals surface area contributed by atoms with Crippen LogP contribution in [0, 0.1) is 11.6 Å². The highest BCUT2D eigenvalue weighted by atomic mass is 19.4. The maximum atomic E-state index is 14.4. The average Bonchev–Trinajstić information content (AvgIpc) is 2.62. The van der Waals surface area contributed by atoms with E-state index in [0.717, 1.165) is 6.07 Å². The number of halogens is 6. The molecule has 164 valence electrons. The Morgan fingerprint density at radius 3 is 2.32 bits per heavy atom. The molecule has 0 fully saturated rings. The molecule has 1 heterocycles. The fourth-order valence-corrected chi connectivity index (χ4v) is 2.45. The van der Waals surface area contributed by atoms with Crippen molar-refractivity contribution in [2.75, 3.05) is 11.1 Å². The molecule has 0 aliphatic carbocycles. The summed E-state index contributed by atoms with van der Waals surface area (Å²) in [5.74, 6) is -3.95. The predicted molar refractivity (Wildman–Crippen MR) is 99.5 cm³/mol. The van der Waals surface area contributed by atoms with Crippen molar-refractivity contribution in [2.24, 2.45) is 0 Å². The first-order chi connectivity index (χ1) is 14.3. The lowest BCUT2D eigenvalue weighted by molar-refractivity contribution is -0.137. The highest BCUT2D eigenvalue weighted by Gasteiger charge is 2.32. The van der Waals surface area contributed by atoms with Gasteiger partial charge in [0.25, 0.3) is 0 Å². The fourth-order valence-electron chi connectivity index (χ4n) is 2.45. The second kappa shape index (κ2) is 7.93. The molecular weight excluding hydrogens is 428 g/mol. The maximum Gasteiger partial charge on any atom is 0.416 e. The van der Waals surface area contributed by atoms with E-state index in [0.29, 0.717) is 18.2 Å². The van der Waals surface area contributed by atoms with E-state index in [2.05, 4.69) is 20.3 Å². The number of nitrogens with one attached hydrogen (secondary N) is 1. The second-order valence-corrected chi connectivity index (χ2v) is 6.83. The smallest absolute Gasteiger partial charge is 0.416 e. The van der Waals surface area contributed by atoms with E-state index < -0.39 is 40.5 Å². The van der Waals surface area contributed by atoms with Gasteiger partial charge in [-0.15, -0.1) is 0 Å². The van der Waals surface area contributed by atoms with Crippen molar-refractivity contribution in [3.05, 3.63) is 59.4 Å². The highest BCUT2D eigenvalue weighted by molar-refractivity contribution is 5.64. The molecule has 12 heteroatoms. The van der Waals surface area contributed by atoms with Gasteiger partial charge in [-0.25, -0.2) is 13.2 Å².